The molecule has 0 bridgehead atoms. The molecular formula is C19H17N3O4. The second-order valence-corrected chi connectivity index (χ2v) is 6.98. The van der Waals surface area contributed by atoms with Gasteiger partial charge in [0.2, 0.25) is 0 Å². The van der Waals surface area contributed by atoms with Gasteiger partial charge in [0.05, 0.1) is 17.6 Å². The molecule has 3 heterocycles. The molecule has 1 aromatic heterocycles. The molecule has 0 saturated heterocycles. The molecule has 1 aliphatic carbocycles. The maximum atomic E-state index is 12.5. The summed E-state index contributed by atoms with van der Waals surface area (Å²) in [5.41, 5.74) is 2.76. The minimum atomic E-state index is -1.03. The van der Waals surface area contributed by atoms with Gasteiger partial charge in [0.25, 0.3) is 5.91 Å². The molecule has 2 aliphatic heterocycles. The Morgan fingerprint density at radius 3 is 2.85 bits per heavy atom. The van der Waals surface area contributed by atoms with Crippen LogP contribution >= 0.6 is 0 Å². The Morgan fingerprint density at radius 2 is 2.12 bits per heavy atom. The fourth-order valence-electron chi connectivity index (χ4n) is 4.02. The summed E-state index contributed by atoms with van der Waals surface area (Å²) < 4.78 is 5.62. The number of carboxylic acids is 1. The third kappa shape index (κ3) is 1.91. The summed E-state index contributed by atoms with van der Waals surface area (Å²) in [5.74, 6) is 0.112. The number of rotatable bonds is 2. The van der Waals surface area contributed by atoms with Gasteiger partial charge < -0.3 is 19.6 Å². The quantitative estimate of drug-likeness (QED) is 0.894. The van der Waals surface area contributed by atoms with Gasteiger partial charge in [0, 0.05) is 30.6 Å². The van der Waals surface area contributed by atoms with Crippen molar-refractivity contribution < 1.29 is 19.4 Å². The lowest BCUT2D eigenvalue weighted by molar-refractivity contribution is 0.0694. The largest absolute Gasteiger partial charge is 0.488 e. The molecular weight excluding hydrogens is 334 g/mol. The Kier molecular flexibility index (Phi) is 2.90. The molecule has 2 aromatic rings. The molecule has 7 heteroatoms. The number of hydrogen-bond donors (Lipinski definition) is 1. The number of aromatic carboxylic acids is 1. The van der Waals surface area contributed by atoms with Crippen molar-refractivity contribution in [2.45, 2.75) is 18.4 Å². The van der Waals surface area contributed by atoms with Gasteiger partial charge in [-0.25, -0.2) is 9.78 Å². The van der Waals surface area contributed by atoms with Crippen LogP contribution in [0.4, 0.5) is 11.5 Å². The van der Waals surface area contributed by atoms with Crippen LogP contribution < -0.4 is 9.64 Å². The zero-order valence-electron chi connectivity index (χ0n) is 14.2. The highest BCUT2D eigenvalue weighted by Crippen LogP contribution is 2.56. The Bertz CT molecular complexity index is 967. The van der Waals surface area contributed by atoms with E-state index in [1.54, 1.807) is 0 Å². The van der Waals surface area contributed by atoms with Crippen LogP contribution in [0.25, 0.3) is 0 Å². The van der Waals surface area contributed by atoms with Crippen molar-refractivity contribution in [2.24, 2.45) is 0 Å². The lowest BCUT2D eigenvalue weighted by Gasteiger charge is -2.30. The number of aromatic nitrogens is 1. The second kappa shape index (κ2) is 4.97. The molecule has 1 saturated carbocycles. The van der Waals surface area contributed by atoms with Crippen molar-refractivity contribution in [3.8, 4) is 5.75 Å². The van der Waals surface area contributed by atoms with Crippen LogP contribution in [0.3, 0.4) is 0 Å². The van der Waals surface area contributed by atoms with Gasteiger partial charge in [-0.05, 0) is 36.6 Å². The predicted molar refractivity (Wildman–Crippen MR) is 93.1 cm³/mol. The number of amides is 1. The van der Waals surface area contributed by atoms with E-state index in [0.29, 0.717) is 24.7 Å². The Labute approximate surface area is 149 Å². The Hall–Kier alpha value is -3.09. The van der Waals surface area contributed by atoms with E-state index >= 15 is 0 Å². The van der Waals surface area contributed by atoms with Crippen molar-refractivity contribution >= 4 is 23.4 Å². The number of ether oxygens (including phenoxy) is 1. The fraction of sp³-hybridized carbons (Fsp3) is 0.316. The number of nitrogens with zero attached hydrogens (tertiary/aromatic N) is 3. The first-order chi connectivity index (χ1) is 12.5. The first-order valence-corrected chi connectivity index (χ1v) is 8.58. The van der Waals surface area contributed by atoms with Gasteiger partial charge >= 0.3 is 5.97 Å². The van der Waals surface area contributed by atoms with Crippen molar-refractivity contribution in [2.75, 3.05) is 25.1 Å². The smallest absolute Gasteiger partial charge is 0.337 e. The highest BCUT2D eigenvalue weighted by atomic mass is 16.5. The van der Waals surface area contributed by atoms with E-state index in [-0.39, 0.29) is 17.0 Å². The van der Waals surface area contributed by atoms with E-state index in [4.69, 9.17) is 9.84 Å². The van der Waals surface area contributed by atoms with Crippen LogP contribution in [0.5, 0.6) is 5.75 Å². The molecule has 3 aliphatic rings. The number of anilines is 2. The molecule has 0 radical (unpaired) electrons. The highest BCUT2D eigenvalue weighted by Gasteiger charge is 2.56. The average Bonchev–Trinajstić information content (AvgIpc) is 3.44. The van der Waals surface area contributed by atoms with E-state index in [2.05, 4.69) is 11.1 Å². The summed E-state index contributed by atoms with van der Waals surface area (Å²) in [7, 11) is 1.87. The third-order valence-electron chi connectivity index (χ3n) is 5.62. The van der Waals surface area contributed by atoms with Crippen LogP contribution in [0.2, 0.25) is 0 Å². The summed E-state index contributed by atoms with van der Waals surface area (Å²) in [4.78, 5) is 31.8. The second-order valence-electron chi connectivity index (χ2n) is 6.98. The zero-order valence-corrected chi connectivity index (χ0v) is 14.2. The summed E-state index contributed by atoms with van der Waals surface area (Å²) in [6.07, 6.45) is 3.33. The van der Waals surface area contributed by atoms with Gasteiger partial charge in [-0.15, -0.1) is 0 Å². The van der Waals surface area contributed by atoms with Crippen LogP contribution in [0, 0.1) is 0 Å². The first-order valence-electron chi connectivity index (χ1n) is 8.58. The zero-order chi connectivity index (χ0) is 18.1. The number of hydrogen-bond acceptors (Lipinski definition) is 5. The van der Waals surface area contributed by atoms with Crippen molar-refractivity contribution in [3.05, 3.63) is 47.2 Å². The average molecular weight is 351 g/mol. The van der Waals surface area contributed by atoms with Gasteiger partial charge in [-0.1, -0.05) is 0 Å². The van der Waals surface area contributed by atoms with Crippen molar-refractivity contribution in [1.82, 2.24) is 9.88 Å². The summed E-state index contributed by atoms with van der Waals surface area (Å²) in [5, 5.41) is 9.14. The Balaban J connectivity index is 1.58. The summed E-state index contributed by atoms with van der Waals surface area (Å²) in [6, 6.07) is 7.39. The van der Waals surface area contributed by atoms with Crippen LogP contribution in [-0.4, -0.2) is 47.1 Å². The minimum Gasteiger partial charge on any atom is -0.488 e. The standard InChI is InChI=1S/C19H17N3O4/c1-21-17(23)13-3-2-12(9-14(13)19(21)4-5-19)22-6-7-26-15-8-11(18(24)25)10-20-16(15)22/h2-3,8-10H,4-7H2,1H3,(H,24,25). The number of benzene rings is 1. The monoisotopic (exact) mass is 351 g/mol. The number of pyridine rings is 1. The SMILES string of the molecule is CN1C(=O)c2ccc(N3CCOc4cc(C(=O)O)cnc43)cc2C12CC2. The van der Waals surface area contributed by atoms with Crippen molar-refractivity contribution in [3.63, 3.8) is 0 Å². The first kappa shape index (κ1) is 15.2. The molecule has 1 N–H and O–H groups in total. The van der Waals surface area contributed by atoms with E-state index in [1.165, 1.54) is 12.3 Å². The van der Waals surface area contributed by atoms with Crippen molar-refractivity contribution in [1.29, 1.82) is 0 Å². The number of carboxylic acid groups (broad SMARTS) is 1. The number of fused-ring (bicyclic) bond motifs is 3. The lowest BCUT2D eigenvalue weighted by atomic mass is 10.0. The maximum Gasteiger partial charge on any atom is 0.337 e. The molecule has 1 fully saturated rings. The third-order valence-corrected chi connectivity index (χ3v) is 5.62. The van der Waals surface area contributed by atoms with E-state index in [9.17, 15) is 9.59 Å². The topological polar surface area (TPSA) is 83.0 Å². The number of carbonyl (C=O) groups is 2. The maximum absolute atomic E-state index is 12.5. The number of carbonyl (C=O) groups excluding carboxylic acids is 1. The van der Waals surface area contributed by atoms with Crippen LogP contribution in [0.15, 0.2) is 30.5 Å². The molecule has 0 unspecified atom stereocenters. The molecule has 7 nitrogen and oxygen atoms in total. The lowest BCUT2D eigenvalue weighted by Crippen LogP contribution is -2.30. The Morgan fingerprint density at radius 1 is 1.31 bits per heavy atom. The summed E-state index contributed by atoms with van der Waals surface area (Å²) in [6.45, 7) is 1.06. The van der Waals surface area contributed by atoms with E-state index < -0.39 is 5.97 Å². The van der Waals surface area contributed by atoms with Gasteiger partial charge in [-0.3, -0.25) is 4.79 Å². The van der Waals surface area contributed by atoms with Gasteiger partial charge in [-0.2, -0.15) is 0 Å². The van der Waals surface area contributed by atoms with Gasteiger partial charge in [0.1, 0.15) is 6.61 Å². The molecule has 1 amide bonds. The van der Waals surface area contributed by atoms with Crippen LogP contribution in [0.1, 0.15) is 39.1 Å². The van der Waals surface area contributed by atoms with E-state index in [0.717, 1.165) is 29.7 Å². The summed E-state index contributed by atoms with van der Waals surface area (Å²) >= 11 is 0. The van der Waals surface area contributed by atoms with E-state index in [1.807, 2.05) is 29.0 Å². The molecule has 132 valence electrons. The minimum absolute atomic E-state index is 0.0793. The molecule has 26 heavy (non-hydrogen) atoms. The fourth-order valence-corrected chi connectivity index (χ4v) is 4.02. The predicted octanol–water partition coefficient (Wildman–Crippen LogP) is 2.39. The molecule has 1 spiro atoms. The van der Waals surface area contributed by atoms with Gasteiger partial charge in [0.15, 0.2) is 11.6 Å². The molecule has 5 rings (SSSR count). The molecule has 1 aromatic carbocycles. The highest BCUT2D eigenvalue weighted by molar-refractivity contribution is 6.01. The normalized spacial score (nSPS) is 19.2. The van der Waals surface area contributed by atoms with Crippen LogP contribution in [-0.2, 0) is 5.54 Å². The molecule has 0 atom stereocenters.